The van der Waals surface area contributed by atoms with Gasteiger partial charge in [0.2, 0.25) is 0 Å². The number of benzene rings is 2. The number of rotatable bonds is 1. The summed E-state index contributed by atoms with van der Waals surface area (Å²) in [5.74, 6) is 0.756. The minimum absolute atomic E-state index is 0.181. The summed E-state index contributed by atoms with van der Waals surface area (Å²) in [5.41, 5.74) is 3.69. The Morgan fingerprint density at radius 1 is 1.10 bits per heavy atom. The normalized spacial score (nSPS) is 26.1. The zero-order chi connectivity index (χ0) is 14.4. The number of nitrogens with one attached hydrogen (secondary N) is 1. The largest absolute Gasteiger partial charge is 0.378 e. The van der Waals surface area contributed by atoms with Crippen LogP contribution in [0.25, 0.3) is 0 Å². The van der Waals surface area contributed by atoms with E-state index in [0.29, 0.717) is 11.8 Å². The number of allylic oxidation sites excluding steroid dienone is 2. The van der Waals surface area contributed by atoms with Gasteiger partial charge in [0, 0.05) is 16.1 Å². The molecule has 21 heavy (non-hydrogen) atoms. The molecule has 4 rings (SSSR count). The summed E-state index contributed by atoms with van der Waals surface area (Å²) in [5, 5.41) is 3.65. The van der Waals surface area contributed by atoms with Crippen LogP contribution in [0.3, 0.4) is 0 Å². The maximum absolute atomic E-state index is 13.2. The predicted octanol–water partition coefficient (Wildman–Crippen LogP) is 5.41. The zero-order valence-electron chi connectivity index (χ0n) is 11.4. The number of hydrogen-bond donors (Lipinski definition) is 1. The van der Waals surface area contributed by atoms with Gasteiger partial charge < -0.3 is 5.32 Å². The lowest BCUT2D eigenvalue weighted by atomic mass is 9.77. The molecule has 0 radical (unpaired) electrons. The third-order valence-corrected chi connectivity index (χ3v) is 5.05. The van der Waals surface area contributed by atoms with E-state index >= 15 is 0 Å². The molecule has 0 bridgehead atoms. The van der Waals surface area contributed by atoms with E-state index < -0.39 is 0 Å². The van der Waals surface area contributed by atoms with Gasteiger partial charge in [-0.25, -0.2) is 4.39 Å². The number of anilines is 1. The van der Waals surface area contributed by atoms with Gasteiger partial charge >= 0.3 is 0 Å². The van der Waals surface area contributed by atoms with Crippen LogP contribution in [-0.4, -0.2) is 0 Å². The Balaban J connectivity index is 1.78. The molecule has 0 amide bonds. The van der Waals surface area contributed by atoms with E-state index in [9.17, 15) is 4.39 Å². The van der Waals surface area contributed by atoms with Crippen LogP contribution in [0.2, 0.25) is 0 Å². The highest BCUT2D eigenvalue weighted by molar-refractivity contribution is 9.10. The summed E-state index contributed by atoms with van der Waals surface area (Å²) in [6, 6.07) is 13.5. The Bertz CT molecular complexity index is 708. The molecule has 3 heteroatoms. The van der Waals surface area contributed by atoms with Gasteiger partial charge in [-0.05, 0) is 53.8 Å². The van der Waals surface area contributed by atoms with Gasteiger partial charge in [-0.2, -0.15) is 0 Å². The lowest BCUT2D eigenvalue weighted by Crippen LogP contribution is -2.29. The zero-order valence-corrected chi connectivity index (χ0v) is 13.0. The van der Waals surface area contributed by atoms with Gasteiger partial charge in [-0.3, -0.25) is 0 Å². The first-order valence-corrected chi connectivity index (χ1v) is 8.00. The highest BCUT2D eigenvalue weighted by Gasteiger charge is 2.37. The maximum Gasteiger partial charge on any atom is 0.123 e. The van der Waals surface area contributed by atoms with Crippen molar-refractivity contribution in [3.8, 4) is 0 Å². The standard InChI is InChI=1S/C18H15BrFN/c19-12-6-9-17-16(10-12)14-2-1-3-15(14)18(21-17)11-4-7-13(20)8-5-11/h1-2,4-10,14-15,18,21H,3H2/t14-,15-,18-/m1/s1. The Morgan fingerprint density at radius 3 is 2.71 bits per heavy atom. The van der Waals surface area contributed by atoms with Crippen molar-refractivity contribution in [2.45, 2.75) is 18.4 Å². The Labute approximate surface area is 132 Å². The lowest BCUT2D eigenvalue weighted by Gasteiger charge is -2.37. The fourth-order valence-electron chi connectivity index (χ4n) is 3.57. The van der Waals surface area contributed by atoms with E-state index in [0.717, 1.165) is 16.5 Å². The first-order valence-electron chi connectivity index (χ1n) is 7.20. The molecular weight excluding hydrogens is 329 g/mol. The Hall–Kier alpha value is -1.61. The summed E-state index contributed by atoms with van der Waals surface area (Å²) in [7, 11) is 0. The predicted molar refractivity (Wildman–Crippen MR) is 86.9 cm³/mol. The van der Waals surface area contributed by atoms with Crippen molar-refractivity contribution < 1.29 is 4.39 Å². The number of fused-ring (bicyclic) bond motifs is 3. The minimum atomic E-state index is -0.181. The molecular formula is C18H15BrFN. The molecule has 1 nitrogen and oxygen atoms in total. The van der Waals surface area contributed by atoms with Crippen molar-refractivity contribution in [2.24, 2.45) is 5.92 Å². The summed E-state index contributed by atoms with van der Waals surface area (Å²) in [6.45, 7) is 0. The molecule has 1 N–H and O–H groups in total. The van der Waals surface area contributed by atoms with Crippen molar-refractivity contribution in [1.82, 2.24) is 0 Å². The smallest absolute Gasteiger partial charge is 0.123 e. The van der Waals surface area contributed by atoms with E-state index in [-0.39, 0.29) is 11.9 Å². The summed E-state index contributed by atoms with van der Waals surface area (Å²) < 4.78 is 14.3. The van der Waals surface area contributed by atoms with E-state index in [1.165, 1.54) is 11.3 Å². The van der Waals surface area contributed by atoms with Gasteiger partial charge in [0.05, 0.1) is 6.04 Å². The van der Waals surface area contributed by atoms with E-state index in [1.807, 2.05) is 12.1 Å². The van der Waals surface area contributed by atoms with Crippen molar-refractivity contribution in [3.05, 3.63) is 76.0 Å². The molecule has 1 aliphatic carbocycles. The third kappa shape index (κ3) is 2.20. The van der Waals surface area contributed by atoms with E-state index in [2.05, 4.69) is 51.6 Å². The third-order valence-electron chi connectivity index (χ3n) is 4.55. The van der Waals surface area contributed by atoms with Crippen LogP contribution in [0.4, 0.5) is 10.1 Å². The van der Waals surface area contributed by atoms with E-state index in [1.54, 1.807) is 12.1 Å². The SMILES string of the molecule is Fc1ccc([C@H]2Nc3ccc(Br)cc3[C@@H]3C=CC[C@@H]23)cc1. The minimum Gasteiger partial charge on any atom is -0.378 e. The quantitative estimate of drug-likeness (QED) is 0.682. The molecule has 0 unspecified atom stereocenters. The molecule has 1 heterocycles. The summed E-state index contributed by atoms with van der Waals surface area (Å²) in [4.78, 5) is 0. The topological polar surface area (TPSA) is 12.0 Å². The fourth-order valence-corrected chi connectivity index (χ4v) is 3.94. The van der Waals surface area contributed by atoms with Gasteiger partial charge in [0.15, 0.2) is 0 Å². The number of halogens is 2. The molecule has 0 fully saturated rings. The van der Waals surface area contributed by atoms with Crippen molar-refractivity contribution >= 4 is 21.6 Å². The highest BCUT2D eigenvalue weighted by atomic mass is 79.9. The van der Waals surface area contributed by atoms with Crippen molar-refractivity contribution in [2.75, 3.05) is 5.32 Å². The highest BCUT2D eigenvalue weighted by Crippen LogP contribution is 2.50. The van der Waals surface area contributed by atoms with Gasteiger partial charge in [-0.1, -0.05) is 40.2 Å². The van der Waals surface area contributed by atoms with Crippen LogP contribution >= 0.6 is 15.9 Å². The molecule has 2 aliphatic rings. The van der Waals surface area contributed by atoms with Gasteiger partial charge in [-0.15, -0.1) is 0 Å². The monoisotopic (exact) mass is 343 g/mol. The maximum atomic E-state index is 13.2. The molecule has 0 aromatic heterocycles. The molecule has 0 saturated heterocycles. The van der Waals surface area contributed by atoms with Crippen molar-refractivity contribution in [1.29, 1.82) is 0 Å². The van der Waals surface area contributed by atoms with Crippen molar-refractivity contribution in [3.63, 3.8) is 0 Å². The second-order valence-corrected chi connectivity index (χ2v) is 6.67. The van der Waals surface area contributed by atoms with Crippen LogP contribution in [0.15, 0.2) is 59.1 Å². The molecule has 106 valence electrons. The molecule has 1 aliphatic heterocycles. The second-order valence-electron chi connectivity index (χ2n) is 5.76. The fraction of sp³-hybridized carbons (Fsp3) is 0.222. The molecule has 3 atom stereocenters. The molecule has 0 saturated carbocycles. The first-order chi connectivity index (χ1) is 10.2. The van der Waals surface area contributed by atoms with Crippen LogP contribution in [0.5, 0.6) is 0 Å². The Kier molecular flexibility index (Phi) is 3.11. The number of hydrogen-bond acceptors (Lipinski definition) is 1. The Morgan fingerprint density at radius 2 is 1.90 bits per heavy atom. The molecule has 0 spiro atoms. The van der Waals surface area contributed by atoms with Crippen LogP contribution in [0.1, 0.15) is 29.5 Å². The molecule has 2 aromatic rings. The van der Waals surface area contributed by atoms with Crippen LogP contribution in [-0.2, 0) is 0 Å². The first kappa shape index (κ1) is 13.1. The second kappa shape index (κ2) is 4.99. The van der Waals surface area contributed by atoms with Gasteiger partial charge in [0.25, 0.3) is 0 Å². The average molecular weight is 344 g/mol. The lowest BCUT2D eigenvalue weighted by molar-refractivity contribution is 0.425. The van der Waals surface area contributed by atoms with Crippen LogP contribution < -0.4 is 5.32 Å². The average Bonchev–Trinajstić information content (AvgIpc) is 2.97. The van der Waals surface area contributed by atoms with E-state index in [4.69, 9.17) is 0 Å². The summed E-state index contributed by atoms with van der Waals surface area (Å²) >= 11 is 3.56. The summed E-state index contributed by atoms with van der Waals surface area (Å²) in [6.07, 6.45) is 5.64. The molecule has 2 aromatic carbocycles. The van der Waals surface area contributed by atoms with Gasteiger partial charge in [0.1, 0.15) is 5.82 Å². The van der Waals surface area contributed by atoms with Crippen LogP contribution in [0, 0.1) is 11.7 Å².